The van der Waals surface area contributed by atoms with Gasteiger partial charge < -0.3 is 10.0 Å². The second-order valence-corrected chi connectivity index (χ2v) is 5.48. The molecule has 1 unspecified atom stereocenters. The van der Waals surface area contributed by atoms with Crippen LogP contribution in [0.3, 0.4) is 0 Å². The molecular formula is C13H26N2O2. The van der Waals surface area contributed by atoms with E-state index in [1.54, 1.807) is 4.90 Å². The summed E-state index contributed by atoms with van der Waals surface area (Å²) in [6, 6.07) is 0.831. The number of β-amino-alcohol motifs (C(OH)–C–C–N with tert-alkyl or cyclic N) is 1. The van der Waals surface area contributed by atoms with E-state index in [-0.39, 0.29) is 5.91 Å². The molecule has 0 radical (unpaired) electrons. The molecule has 0 spiro atoms. The molecule has 0 aromatic rings. The Morgan fingerprint density at radius 3 is 2.29 bits per heavy atom. The van der Waals surface area contributed by atoms with Crippen molar-refractivity contribution in [3.8, 4) is 0 Å². The highest BCUT2D eigenvalue weighted by atomic mass is 16.3. The number of hydrogen-bond acceptors (Lipinski definition) is 3. The number of rotatable bonds is 6. The molecule has 0 aliphatic carbocycles. The zero-order valence-electron chi connectivity index (χ0n) is 11.5. The van der Waals surface area contributed by atoms with Gasteiger partial charge in [0.1, 0.15) is 0 Å². The van der Waals surface area contributed by atoms with Gasteiger partial charge in [-0.1, -0.05) is 0 Å². The molecule has 17 heavy (non-hydrogen) atoms. The van der Waals surface area contributed by atoms with Crippen LogP contribution in [0.4, 0.5) is 0 Å². The van der Waals surface area contributed by atoms with Crippen molar-refractivity contribution in [3.05, 3.63) is 0 Å². The Morgan fingerprint density at radius 2 is 1.88 bits per heavy atom. The lowest BCUT2D eigenvalue weighted by atomic mass is 10.2. The van der Waals surface area contributed by atoms with Crippen molar-refractivity contribution in [2.75, 3.05) is 19.6 Å². The monoisotopic (exact) mass is 242 g/mol. The molecule has 100 valence electrons. The molecule has 1 atom stereocenters. The first-order valence-corrected chi connectivity index (χ1v) is 6.63. The van der Waals surface area contributed by atoms with Crippen LogP contribution >= 0.6 is 0 Å². The second kappa shape index (κ2) is 6.36. The normalized spacial score (nSPS) is 18.8. The molecule has 1 aliphatic rings. The number of carbonyl (C=O) groups is 1. The van der Waals surface area contributed by atoms with Crippen molar-refractivity contribution in [2.45, 2.75) is 58.7 Å². The van der Waals surface area contributed by atoms with Crippen LogP contribution in [-0.2, 0) is 4.79 Å². The average molecular weight is 242 g/mol. The summed E-state index contributed by atoms with van der Waals surface area (Å²) in [5.41, 5.74) is 0. The molecule has 1 rings (SSSR count). The van der Waals surface area contributed by atoms with E-state index in [0.29, 0.717) is 31.6 Å². The van der Waals surface area contributed by atoms with Gasteiger partial charge in [-0.15, -0.1) is 0 Å². The van der Waals surface area contributed by atoms with E-state index >= 15 is 0 Å². The predicted molar refractivity (Wildman–Crippen MR) is 68.8 cm³/mol. The van der Waals surface area contributed by atoms with Crippen LogP contribution in [0.1, 0.15) is 40.5 Å². The minimum atomic E-state index is -0.443. The van der Waals surface area contributed by atoms with Gasteiger partial charge in [0.15, 0.2) is 0 Å². The van der Waals surface area contributed by atoms with Gasteiger partial charge >= 0.3 is 0 Å². The fourth-order valence-electron chi connectivity index (χ4n) is 2.47. The highest BCUT2D eigenvalue weighted by Crippen LogP contribution is 2.12. The maximum atomic E-state index is 11.5. The van der Waals surface area contributed by atoms with Gasteiger partial charge in [0.05, 0.1) is 6.10 Å². The Morgan fingerprint density at radius 1 is 1.29 bits per heavy atom. The first-order valence-electron chi connectivity index (χ1n) is 6.63. The SMILES string of the molecule is CC(C)N(CC(O)CN1CCCC1=O)C(C)C. The van der Waals surface area contributed by atoms with Crippen LogP contribution in [0.25, 0.3) is 0 Å². The van der Waals surface area contributed by atoms with E-state index in [1.165, 1.54) is 0 Å². The Hall–Kier alpha value is -0.610. The molecule has 1 fully saturated rings. The largest absolute Gasteiger partial charge is 0.390 e. The Bertz CT molecular complexity index is 246. The summed E-state index contributed by atoms with van der Waals surface area (Å²) in [6.07, 6.45) is 1.14. The maximum absolute atomic E-state index is 11.5. The van der Waals surface area contributed by atoms with E-state index < -0.39 is 6.10 Å². The van der Waals surface area contributed by atoms with Crippen LogP contribution < -0.4 is 0 Å². The minimum absolute atomic E-state index is 0.185. The van der Waals surface area contributed by atoms with Crippen molar-refractivity contribution in [1.29, 1.82) is 0 Å². The zero-order chi connectivity index (χ0) is 13.0. The number of carbonyl (C=O) groups excluding carboxylic acids is 1. The smallest absolute Gasteiger partial charge is 0.222 e. The van der Waals surface area contributed by atoms with Crippen molar-refractivity contribution in [2.24, 2.45) is 0 Å². The highest BCUT2D eigenvalue weighted by Gasteiger charge is 2.24. The van der Waals surface area contributed by atoms with Crippen LogP contribution in [0.5, 0.6) is 0 Å². The topological polar surface area (TPSA) is 43.8 Å². The first-order chi connectivity index (χ1) is 7.91. The van der Waals surface area contributed by atoms with Gasteiger partial charge in [0.25, 0.3) is 0 Å². The number of hydrogen-bond donors (Lipinski definition) is 1. The van der Waals surface area contributed by atoms with Gasteiger partial charge in [0, 0.05) is 38.1 Å². The molecule has 0 bridgehead atoms. The molecule has 1 saturated heterocycles. The molecule has 0 aromatic heterocycles. The summed E-state index contributed by atoms with van der Waals surface area (Å²) in [5, 5.41) is 10.1. The summed E-state index contributed by atoms with van der Waals surface area (Å²) in [7, 11) is 0. The Labute approximate surface area is 105 Å². The zero-order valence-corrected chi connectivity index (χ0v) is 11.5. The third-order valence-electron chi connectivity index (χ3n) is 3.35. The minimum Gasteiger partial charge on any atom is -0.390 e. The molecule has 1 amide bonds. The predicted octanol–water partition coefficient (Wildman–Crippen LogP) is 1.09. The highest BCUT2D eigenvalue weighted by molar-refractivity contribution is 5.78. The fraction of sp³-hybridized carbons (Fsp3) is 0.923. The van der Waals surface area contributed by atoms with E-state index in [4.69, 9.17) is 0 Å². The summed E-state index contributed by atoms with van der Waals surface area (Å²) in [4.78, 5) is 15.5. The third kappa shape index (κ3) is 4.28. The van der Waals surface area contributed by atoms with Gasteiger partial charge in [0.2, 0.25) is 5.91 Å². The number of likely N-dealkylation sites (tertiary alicyclic amines) is 1. The quantitative estimate of drug-likeness (QED) is 0.758. The number of aliphatic hydroxyl groups is 1. The van der Waals surface area contributed by atoms with Crippen molar-refractivity contribution in [1.82, 2.24) is 9.80 Å². The Kier molecular flexibility index (Phi) is 5.40. The lowest BCUT2D eigenvalue weighted by Gasteiger charge is -2.33. The number of aliphatic hydroxyl groups excluding tert-OH is 1. The third-order valence-corrected chi connectivity index (χ3v) is 3.35. The number of amides is 1. The second-order valence-electron chi connectivity index (χ2n) is 5.48. The Balaban J connectivity index is 2.41. The summed E-state index contributed by atoms with van der Waals surface area (Å²) in [5.74, 6) is 0.185. The number of nitrogens with zero attached hydrogens (tertiary/aromatic N) is 2. The first kappa shape index (κ1) is 14.5. The fourth-order valence-corrected chi connectivity index (χ4v) is 2.47. The van der Waals surface area contributed by atoms with E-state index in [9.17, 15) is 9.90 Å². The molecule has 4 heteroatoms. The molecule has 1 N–H and O–H groups in total. The van der Waals surface area contributed by atoms with Crippen molar-refractivity contribution in [3.63, 3.8) is 0 Å². The molecule has 1 heterocycles. The lowest BCUT2D eigenvalue weighted by molar-refractivity contribution is -0.129. The van der Waals surface area contributed by atoms with Crippen LogP contribution in [0.15, 0.2) is 0 Å². The van der Waals surface area contributed by atoms with Crippen LogP contribution in [0.2, 0.25) is 0 Å². The van der Waals surface area contributed by atoms with Crippen LogP contribution in [0, 0.1) is 0 Å². The standard InChI is InChI=1S/C13H26N2O2/c1-10(2)15(11(3)4)9-12(16)8-14-7-5-6-13(14)17/h10-12,16H,5-9H2,1-4H3. The molecular weight excluding hydrogens is 216 g/mol. The van der Waals surface area contributed by atoms with Gasteiger partial charge in [-0.25, -0.2) is 0 Å². The summed E-state index contributed by atoms with van der Waals surface area (Å²) >= 11 is 0. The molecule has 1 aliphatic heterocycles. The van der Waals surface area contributed by atoms with Crippen molar-refractivity contribution >= 4 is 5.91 Å². The average Bonchev–Trinajstić information content (AvgIpc) is 2.60. The molecule has 0 saturated carbocycles. The van der Waals surface area contributed by atoms with Crippen molar-refractivity contribution < 1.29 is 9.90 Å². The summed E-state index contributed by atoms with van der Waals surface area (Å²) < 4.78 is 0. The van der Waals surface area contributed by atoms with Gasteiger partial charge in [-0.2, -0.15) is 0 Å². The maximum Gasteiger partial charge on any atom is 0.222 e. The van der Waals surface area contributed by atoms with E-state index in [0.717, 1.165) is 13.0 Å². The van der Waals surface area contributed by atoms with Gasteiger partial charge in [-0.3, -0.25) is 9.69 Å². The van der Waals surface area contributed by atoms with Crippen LogP contribution in [-0.4, -0.2) is 58.6 Å². The van der Waals surface area contributed by atoms with Gasteiger partial charge in [-0.05, 0) is 34.1 Å². The summed E-state index contributed by atoms with van der Waals surface area (Å²) in [6.45, 7) is 10.5. The van der Waals surface area contributed by atoms with E-state index in [1.807, 2.05) is 0 Å². The molecule has 0 aromatic carbocycles. The molecule has 4 nitrogen and oxygen atoms in total. The lowest BCUT2D eigenvalue weighted by Crippen LogP contribution is -2.46. The van der Waals surface area contributed by atoms with E-state index in [2.05, 4.69) is 32.6 Å².